The molecule has 0 unspecified atom stereocenters. The van der Waals surface area contributed by atoms with E-state index >= 15 is 0 Å². The first-order chi connectivity index (χ1) is 9.51. The Labute approximate surface area is 125 Å². The van der Waals surface area contributed by atoms with Crippen LogP contribution >= 0.6 is 15.9 Å². The van der Waals surface area contributed by atoms with Crippen LogP contribution in [-0.2, 0) is 6.54 Å². The van der Waals surface area contributed by atoms with Gasteiger partial charge in [0.1, 0.15) is 23.1 Å². The monoisotopic (exact) mass is 339 g/mol. The number of ether oxygens (including phenoxy) is 1. The molecule has 0 aliphatic rings. The summed E-state index contributed by atoms with van der Waals surface area (Å²) in [5.41, 5.74) is 6.28. The molecular formula is C14H15BrFN3O. The van der Waals surface area contributed by atoms with Crippen molar-refractivity contribution in [3.8, 4) is 11.5 Å². The molecule has 0 fully saturated rings. The zero-order valence-electron chi connectivity index (χ0n) is 11.2. The van der Waals surface area contributed by atoms with Crippen molar-refractivity contribution in [1.82, 2.24) is 9.97 Å². The number of rotatable bonds is 4. The summed E-state index contributed by atoms with van der Waals surface area (Å²) < 4.78 is 19.5. The molecule has 0 amide bonds. The Morgan fingerprint density at radius 1 is 1.35 bits per heavy atom. The molecule has 2 rings (SSSR count). The maximum absolute atomic E-state index is 13.2. The molecule has 2 aromatic rings. The Kier molecular flexibility index (Phi) is 4.67. The lowest BCUT2D eigenvalue weighted by Crippen LogP contribution is -2.07. The highest BCUT2D eigenvalue weighted by Gasteiger charge is 2.12. The third-order valence-electron chi connectivity index (χ3n) is 2.67. The highest BCUT2D eigenvalue weighted by atomic mass is 79.9. The lowest BCUT2D eigenvalue weighted by Gasteiger charge is -2.12. The van der Waals surface area contributed by atoms with Gasteiger partial charge in [-0.3, -0.25) is 0 Å². The van der Waals surface area contributed by atoms with Crippen molar-refractivity contribution in [1.29, 1.82) is 0 Å². The van der Waals surface area contributed by atoms with E-state index in [-0.39, 0.29) is 18.3 Å². The zero-order valence-corrected chi connectivity index (χ0v) is 12.8. The minimum absolute atomic E-state index is 0.204. The van der Waals surface area contributed by atoms with Gasteiger partial charge in [-0.25, -0.2) is 14.4 Å². The van der Waals surface area contributed by atoms with E-state index in [1.807, 2.05) is 13.8 Å². The van der Waals surface area contributed by atoms with E-state index in [1.54, 1.807) is 12.3 Å². The number of halogens is 2. The van der Waals surface area contributed by atoms with Gasteiger partial charge in [0.25, 0.3) is 0 Å². The Balaban J connectivity index is 2.35. The van der Waals surface area contributed by atoms with E-state index < -0.39 is 0 Å². The second-order valence-electron chi connectivity index (χ2n) is 4.57. The van der Waals surface area contributed by atoms with E-state index in [9.17, 15) is 4.39 Å². The first-order valence-corrected chi connectivity index (χ1v) is 6.99. The minimum Gasteiger partial charge on any atom is -0.452 e. The summed E-state index contributed by atoms with van der Waals surface area (Å²) in [5.74, 6) is 1.33. The molecule has 0 bridgehead atoms. The molecule has 0 saturated carbocycles. The lowest BCUT2D eigenvalue weighted by molar-refractivity contribution is 0.459. The van der Waals surface area contributed by atoms with Crippen molar-refractivity contribution in [2.45, 2.75) is 26.3 Å². The standard InChI is InChI=1S/C14H15BrFN3O/c1-8(2)14-18-7-13(11(6-17)19-14)20-12-5-9(16)3-4-10(12)15/h3-5,7-8H,6,17H2,1-2H3. The highest BCUT2D eigenvalue weighted by Crippen LogP contribution is 2.31. The predicted molar refractivity (Wildman–Crippen MR) is 78.2 cm³/mol. The van der Waals surface area contributed by atoms with Gasteiger partial charge in [0.05, 0.1) is 10.7 Å². The van der Waals surface area contributed by atoms with Crippen molar-refractivity contribution >= 4 is 15.9 Å². The van der Waals surface area contributed by atoms with Gasteiger partial charge in [0.15, 0.2) is 5.75 Å². The molecule has 1 aromatic carbocycles. The average Bonchev–Trinajstić information content (AvgIpc) is 2.43. The molecule has 0 atom stereocenters. The number of hydrogen-bond donors (Lipinski definition) is 1. The predicted octanol–water partition coefficient (Wildman–Crippen LogP) is 3.75. The fourth-order valence-electron chi connectivity index (χ4n) is 1.61. The fraction of sp³-hybridized carbons (Fsp3) is 0.286. The number of nitrogens with two attached hydrogens (primary N) is 1. The van der Waals surface area contributed by atoms with Gasteiger partial charge in [-0.15, -0.1) is 0 Å². The van der Waals surface area contributed by atoms with E-state index in [2.05, 4.69) is 25.9 Å². The fourth-order valence-corrected chi connectivity index (χ4v) is 1.93. The van der Waals surface area contributed by atoms with E-state index in [0.29, 0.717) is 27.5 Å². The molecule has 6 heteroatoms. The third kappa shape index (κ3) is 3.32. The first-order valence-electron chi connectivity index (χ1n) is 6.20. The maximum atomic E-state index is 13.2. The van der Waals surface area contributed by atoms with Crippen LogP contribution in [0, 0.1) is 5.82 Å². The zero-order chi connectivity index (χ0) is 14.7. The van der Waals surface area contributed by atoms with Crippen LogP contribution < -0.4 is 10.5 Å². The number of nitrogens with zero attached hydrogens (tertiary/aromatic N) is 2. The molecule has 0 radical (unpaired) electrons. The van der Waals surface area contributed by atoms with Crippen LogP contribution in [0.5, 0.6) is 11.5 Å². The summed E-state index contributed by atoms with van der Waals surface area (Å²) >= 11 is 3.31. The summed E-state index contributed by atoms with van der Waals surface area (Å²) in [6.45, 7) is 4.23. The van der Waals surface area contributed by atoms with E-state index in [4.69, 9.17) is 10.5 Å². The van der Waals surface area contributed by atoms with Gasteiger partial charge in [0, 0.05) is 18.5 Å². The summed E-state index contributed by atoms with van der Waals surface area (Å²) in [5, 5.41) is 0. The summed E-state index contributed by atoms with van der Waals surface area (Å²) in [4.78, 5) is 8.60. The Morgan fingerprint density at radius 3 is 2.75 bits per heavy atom. The van der Waals surface area contributed by atoms with Crippen molar-refractivity contribution in [3.05, 3.63) is 46.2 Å². The third-order valence-corrected chi connectivity index (χ3v) is 3.33. The molecule has 0 saturated heterocycles. The van der Waals surface area contributed by atoms with E-state index in [0.717, 1.165) is 0 Å². The highest BCUT2D eigenvalue weighted by molar-refractivity contribution is 9.10. The van der Waals surface area contributed by atoms with Crippen LogP contribution in [-0.4, -0.2) is 9.97 Å². The number of hydrogen-bond acceptors (Lipinski definition) is 4. The topological polar surface area (TPSA) is 61.0 Å². The van der Waals surface area contributed by atoms with Gasteiger partial charge in [-0.1, -0.05) is 13.8 Å². The Morgan fingerprint density at radius 2 is 2.10 bits per heavy atom. The van der Waals surface area contributed by atoms with Crippen molar-refractivity contribution in [2.75, 3.05) is 0 Å². The van der Waals surface area contributed by atoms with Gasteiger partial charge in [-0.05, 0) is 28.1 Å². The van der Waals surface area contributed by atoms with Crippen molar-refractivity contribution < 1.29 is 9.13 Å². The van der Waals surface area contributed by atoms with Gasteiger partial charge in [-0.2, -0.15) is 0 Å². The molecule has 0 aliphatic carbocycles. The molecule has 2 N–H and O–H groups in total. The van der Waals surface area contributed by atoms with Crippen molar-refractivity contribution in [2.24, 2.45) is 5.73 Å². The Hall–Kier alpha value is -1.53. The number of aromatic nitrogens is 2. The van der Waals surface area contributed by atoms with Crippen LogP contribution in [0.25, 0.3) is 0 Å². The van der Waals surface area contributed by atoms with Crippen LogP contribution in [0.3, 0.4) is 0 Å². The van der Waals surface area contributed by atoms with Crippen LogP contribution in [0.2, 0.25) is 0 Å². The quantitative estimate of drug-likeness (QED) is 0.921. The second-order valence-corrected chi connectivity index (χ2v) is 5.43. The van der Waals surface area contributed by atoms with Gasteiger partial charge in [0.2, 0.25) is 0 Å². The largest absolute Gasteiger partial charge is 0.452 e. The van der Waals surface area contributed by atoms with Crippen LogP contribution in [0.15, 0.2) is 28.9 Å². The van der Waals surface area contributed by atoms with Crippen LogP contribution in [0.1, 0.15) is 31.3 Å². The van der Waals surface area contributed by atoms with E-state index in [1.165, 1.54) is 12.1 Å². The van der Waals surface area contributed by atoms with Gasteiger partial charge < -0.3 is 10.5 Å². The lowest BCUT2D eigenvalue weighted by atomic mass is 10.2. The minimum atomic E-state index is -0.378. The molecule has 0 aliphatic heterocycles. The van der Waals surface area contributed by atoms with Gasteiger partial charge >= 0.3 is 0 Å². The summed E-state index contributed by atoms with van der Waals surface area (Å²) in [7, 11) is 0. The smallest absolute Gasteiger partial charge is 0.168 e. The average molecular weight is 340 g/mol. The molecular weight excluding hydrogens is 325 g/mol. The molecule has 106 valence electrons. The molecule has 1 aromatic heterocycles. The van der Waals surface area contributed by atoms with Crippen LogP contribution in [0.4, 0.5) is 4.39 Å². The normalized spacial score (nSPS) is 10.9. The molecule has 0 spiro atoms. The SMILES string of the molecule is CC(C)c1ncc(Oc2cc(F)ccc2Br)c(CN)n1. The molecule has 20 heavy (non-hydrogen) atoms. The first kappa shape index (κ1) is 14.9. The Bertz CT molecular complexity index is 619. The summed E-state index contributed by atoms with van der Waals surface area (Å²) in [6.07, 6.45) is 1.57. The number of benzene rings is 1. The summed E-state index contributed by atoms with van der Waals surface area (Å²) in [6, 6.07) is 4.22. The van der Waals surface area contributed by atoms with Crippen molar-refractivity contribution in [3.63, 3.8) is 0 Å². The molecule has 4 nitrogen and oxygen atoms in total. The molecule has 1 heterocycles. The maximum Gasteiger partial charge on any atom is 0.168 e. The second kappa shape index (κ2) is 6.28.